The molecule has 0 amide bonds. The number of fused-ring (bicyclic) bond motifs is 1. The van der Waals surface area contributed by atoms with Crippen molar-refractivity contribution in [3.05, 3.63) is 53.0 Å². The quantitative estimate of drug-likeness (QED) is 0.570. The predicted molar refractivity (Wildman–Crippen MR) is 121 cm³/mol. The Morgan fingerprint density at radius 1 is 1.16 bits per heavy atom. The maximum atomic E-state index is 13.4. The predicted octanol–water partition coefficient (Wildman–Crippen LogP) is 5.49. The maximum absolute atomic E-state index is 13.4. The first-order chi connectivity index (χ1) is 15.4. The van der Waals surface area contributed by atoms with Gasteiger partial charge in [0.25, 0.3) is 6.43 Å². The molecule has 1 aromatic carbocycles. The molecule has 0 radical (unpaired) electrons. The molecular weight excluding hydrogens is 410 g/mol. The molecule has 1 saturated heterocycles. The minimum Gasteiger partial charge on any atom is -0.363 e. The highest BCUT2D eigenvalue weighted by Crippen LogP contribution is 2.32. The maximum Gasteiger partial charge on any atom is 0.264 e. The van der Waals surface area contributed by atoms with Gasteiger partial charge in [-0.15, -0.1) is 0 Å². The molecule has 6 nitrogen and oxygen atoms in total. The summed E-state index contributed by atoms with van der Waals surface area (Å²) in [6, 6.07) is 9.09. The molecular formula is C24H26F2N6. The Bertz CT molecular complexity index is 1170. The molecule has 2 aromatic heterocycles. The third-order valence-corrected chi connectivity index (χ3v) is 6.15. The van der Waals surface area contributed by atoms with Crippen LogP contribution in [0, 0.1) is 31.1 Å². The van der Waals surface area contributed by atoms with Gasteiger partial charge in [-0.25, -0.2) is 23.7 Å². The highest BCUT2D eigenvalue weighted by Gasteiger charge is 2.21. The van der Waals surface area contributed by atoms with Gasteiger partial charge in [-0.3, -0.25) is 0 Å². The molecule has 1 N–H and O–H groups in total. The van der Waals surface area contributed by atoms with E-state index >= 15 is 0 Å². The summed E-state index contributed by atoms with van der Waals surface area (Å²) in [5.74, 6) is 2.18. The van der Waals surface area contributed by atoms with Crippen LogP contribution < -0.4 is 10.2 Å². The molecule has 1 atom stereocenters. The topological polar surface area (TPSA) is 77.7 Å². The summed E-state index contributed by atoms with van der Waals surface area (Å²) in [6.45, 7) is 7.05. The second kappa shape index (κ2) is 9.03. The standard InChI is InChI=1S/C24H26F2N6/c1-14-18(5-4-6-19(14)23(25)26)15(2)29-24-20-11-22(28-13-21(20)30-16(3)31-24)32-9-7-17(12-27)8-10-32/h4-6,11,13,15,17,23H,7-10H2,1-3H3,(H,29,30,31). The summed E-state index contributed by atoms with van der Waals surface area (Å²) < 4.78 is 26.7. The number of hydrogen-bond acceptors (Lipinski definition) is 6. The number of nitriles is 1. The van der Waals surface area contributed by atoms with Crippen molar-refractivity contribution in [1.29, 1.82) is 5.26 Å². The van der Waals surface area contributed by atoms with E-state index in [-0.39, 0.29) is 17.5 Å². The van der Waals surface area contributed by atoms with Crippen molar-refractivity contribution < 1.29 is 8.78 Å². The lowest BCUT2D eigenvalue weighted by atomic mass is 9.97. The van der Waals surface area contributed by atoms with Crippen LogP contribution in [0.3, 0.4) is 0 Å². The third kappa shape index (κ3) is 4.33. The van der Waals surface area contributed by atoms with Crippen molar-refractivity contribution in [2.45, 2.75) is 46.1 Å². The Balaban J connectivity index is 1.66. The van der Waals surface area contributed by atoms with Gasteiger partial charge >= 0.3 is 0 Å². The van der Waals surface area contributed by atoms with Gasteiger partial charge in [-0.1, -0.05) is 18.2 Å². The van der Waals surface area contributed by atoms with E-state index in [4.69, 9.17) is 5.26 Å². The van der Waals surface area contributed by atoms with Gasteiger partial charge in [-0.2, -0.15) is 5.26 Å². The van der Waals surface area contributed by atoms with Crippen LogP contribution in [0.2, 0.25) is 0 Å². The summed E-state index contributed by atoms with van der Waals surface area (Å²) in [4.78, 5) is 15.9. The summed E-state index contributed by atoms with van der Waals surface area (Å²) in [5.41, 5.74) is 2.16. The molecule has 0 saturated carbocycles. The number of nitrogens with one attached hydrogen (secondary N) is 1. The van der Waals surface area contributed by atoms with E-state index in [1.54, 1.807) is 19.2 Å². The highest BCUT2D eigenvalue weighted by molar-refractivity contribution is 5.90. The van der Waals surface area contributed by atoms with Crippen LogP contribution >= 0.6 is 0 Å². The number of hydrogen-bond donors (Lipinski definition) is 1. The van der Waals surface area contributed by atoms with Gasteiger partial charge in [0, 0.05) is 30.0 Å². The lowest BCUT2D eigenvalue weighted by Crippen LogP contribution is -2.33. The highest BCUT2D eigenvalue weighted by atomic mass is 19.3. The Morgan fingerprint density at radius 3 is 2.56 bits per heavy atom. The largest absolute Gasteiger partial charge is 0.363 e. The molecule has 0 bridgehead atoms. The van der Waals surface area contributed by atoms with Crippen molar-refractivity contribution in [3.8, 4) is 6.07 Å². The van der Waals surface area contributed by atoms with Crippen molar-refractivity contribution in [2.24, 2.45) is 5.92 Å². The van der Waals surface area contributed by atoms with Gasteiger partial charge < -0.3 is 10.2 Å². The first kappa shape index (κ1) is 21.9. The van der Waals surface area contributed by atoms with E-state index in [1.165, 1.54) is 6.07 Å². The van der Waals surface area contributed by atoms with Gasteiger partial charge in [0.2, 0.25) is 0 Å². The minimum absolute atomic E-state index is 0.0483. The number of aryl methyl sites for hydroxylation is 1. The molecule has 3 aromatic rings. The zero-order chi connectivity index (χ0) is 22.8. The molecule has 0 spiro atoms. The molecule has 1 aliphatic heterocycles. The first-order valence-corrected chi connectivity index (χ1v) is 10.8. The van der Waals surface area contributed by atoms with Gasteiger partial charge in [-0.05, 0) is 50.8 Å². The average molecular weight is 437 g/mol. The molecule has 1 fully saturated rings. The van der Waals surface area contributed by atoms with Crippen molar-refractivity contribution in [3.63, 3.8) is 0 Å². The summed E-state index contributed by atoms with van der Waals surface area (Å²) in [7, 11) is 0. The van der Waals surface area contributed by atoms with E-state index < -0.39 is 6.43 Å². The molecule has 1 aliphatic rings. The average Bonchev–Trinajstić information content (AvgIpc) is 2.78. The van der Waals surface area contributed by atoms with Gasteiger partial charge in [0.05, 0.1) is 23.8 Å². The number of alkyl halides is 2. The van der Waals surface area contributed by atoms with Crippen molar-refractivity contribution in [1.82, 2.24) is 15.0 Å². The summed E-state index contributed by atoms with van der Waals surface area (Å²) >= 11 is 0. The zero-order valence-corrected chi connectivity index (χ0v) is 18.4. The molecule has 0 aliphatic carbocycles. The smallest absolute Gasteiger partial charge is 0.264 e. The number of rotatable bonds is 5. The fraction of sp³-hybridized carbons (Fsp3) is 0.417. The van der Waals surface area contributed by atoms with Crippen molar-refractivity contribution >= 4 is 22.5 Å². The second-order valence-corrected chi connectivity index (χ2v) is 8.30. The minimum atomic E-state index is -2.51. The Hall–Kier alpha value is -3.34. The molecule has 3 heterocycles. The normalized spacial score (nSPS) is 15.7. The Kier molecular flexibility index (Phi) is 6.17. The number of anilines is 2. The van der Waals surface area contributed by atoms with E-state index in [0.717, 1.165) is 48.2 Å². The second-order valence-electron chi connectivity index (χ2n) is 8.30. The van der Waals surface area contributed by atoms with Gasteiger partial charge in [0.1, 0.15) is 17.5 Å². The SMILES string of the molecule is Cc1nc(NC(C)c2cccc(C(F)F)c2C)c2cc(N3CCC(C#N)CC3)ncc2n1. The summed E-state index contributed by atoms with van der Waals surface area (Å²) in [5, 5.41) is 13.4. The Labute approximate surface area is 186 Å². The van der Waals surface area contributed by atoms with Crippen LogP contribution in [0.15, 0.2) is 30.5 Å². The van der Waals surface area contributed by atoms with Gasteiger partial charge in [0.15, 0.2) is 0 Å². The van der Waals surface area contributed by atoms with Crippen LogP contribution in [0.4, 0.5) is 20.4 Å². The van der Waals surface area contributed by atoms with E-state index in [0.29, 0.717) is 17.2 Å². The van der Waals surface area contributed by atoms with Crippen LogP contribution in [0.25, 0.3) is 10.9 Å². The van der Waals surface area contributed by atoms with Crippen molar-refractivity contribution in [2.75, 3.05) is 23.3 Å². The van der Waals surface area contributed by atoms with Crippen LogP contribution in [-0.2, 0) is 0 Å². The molecule has 1 unspecified atom stereocenters. The lowest BCUT2D eigenvalue weighted by molar-refractivity contribution is 0.150. The molecule has 166 valence electrons. The number of piperidine rings is 1. The molecule has 8 heteroatoms. The number of halogens is 2. The molecule has 32 heavy (non-hydrogen) atoms. The lowest BCUT2D eigenvalue weighted by Gasteiger charge is -2.30. The van der Waals surface area contributed by atoms with E-state index in [9.17, 15) is 8.78 Å². The zero-order valence-electron chi connectivity index (χ0n) is 18.4. The van der Waals surface area contributed by atoms with E-state index in [1.807, 2.05) is 26.0 Å². The first-order valence-electron chi connectivity index (χ1n) is 10.8. The number of aromatic nitrogens is 3. The van der Waals surface area contributed by atoms with Crippen LogP contribution in [0.1, 0.15) is 54.7 Å². The van der Waals surface area contributed by atoms with Crippen LogP contribution in [-0.4, -0.2) is 28.0 Å². The number of nitrogens with zero attached hydrogens (tertiary/aromatic N) is 5. The fourth-order valence-electron chi connectivity index (χ4n) is 4.32. The number of benzene rings is 1. The van der Waals surface area contributed by atoms with E-state index in [2.05, 4.69) is 31.2 Å². The number of pyridine rings is 1. The fourth-order valence-corrected chi connectivity index (χ4v) is 4.32. The summed E-state index contributed by atoms with van der Waals surface area (Å²) in [6.07, 6.45) is 0.877. The molecule has 4 rings (SSSR count). The van der Waals surface area contributed by atoms with Crippen LogP contribution in [0.5, 0.6) is 0 Å². The Morgan fingerprint density at radius 2 is 1.88 bits per heavy atom. The third-order valence-electron chi connectivity index (χ3n) is 6.15. The monoisotopic (exact) mass is 436 g/mol.